The van der Waals surface area contributed by atoms with Crippen molar-refractivity contribution in [3.05, 3.63) is 34.2 Å². The minimum atomic E-state index is -0.479. The molecule has 178 valence electrons. The molecule has 1 amide bonds. The molecule has 2 saturated heterocycles. The molecule has 32 heavy (non-hydrogen) atoms. The molecular weight excluding hydrogens is 428 g/mol. The molecule has 0 bridgehead atoms. The van der Waals surface area contributed by atoms with Crippen molar-refractivity contribution in [2.75, 3.05) is 52.6 Å². The van der Waals surface area contributed by atoms with Gasteiger partial charge in [0.2, 0.25) is 6.29 Å². The summed E-state index contributed by atoms with van der Waals surface area (Å²) in [6.45, 7) is 5.02. The summed E-state index contributed by atoms with van der Waals surface area (Å²) in [4.78, 5) is 17.9. The summed E-state index contributed by atoms with van der Waals surface area (Å²) in [6, 6.07) is 2.71. The molecule has 0 aromatic carbocycles. The fourth-order valence-corrected chi connectivity index (χ4v) is 5.63. The van der Waals surface area contributed by atoms with Crippen molar-refractivity contribution in [1.29, 1.82) is 0 Å². The third kappa shape index (κ3) is 6.32. The van der Waals surface area contributed by atoms with Gasteiger partial charge in [-0.3, -0.25) is 4.79 Å². The maximum Gasteiger partial charge on any atom is 0.288 e. The van der Waals surface area contributed by atoms with Crippen molar-refractivity contribution < 1.29 is 24.1 Å². The van der Waals surface area contributed by atoms with Gasteiger partial charge in [0.05, 0.1) is 26.4 Å². The van der Waals surface area contributed by atoms with Crippen LogP contribution in [-0.2, 0) is 19.0 Å². The molecule has 1 aromatic heterocycles. The van der Waals surface area contributed by atoms with Crippen LogP contribution in [0, 0.1) is 0 Å². The first-order chi connectivity index (χ1) is 15.7. The average Bonchev–Trinajstić information content (AvgIpc) is 3.39. The Kier molecular flexibility index (Phi) is 8.99. The minimum absolute atomic E-state index is 0.00397. The Hall–Kier alpha value is -1.45. The highest BCUT2D eigenvalue weighted by atomic mass is 32.1. The van der Waals surface area contributed by atoms with Crippen LogP contribution in [0.5, 0.6) is 0 Å². The summed E-state index contributed by atoms with van der Waals surface area (Å²) in [7, 11) is 0. The number of allylic oxidation sites excluding steroid dienone is 1. The summed E-state index contributed by atoms with van der Waals surface area (Å²) in [6.07, 6.45) is 8.19. The van der Waals surface area contributed by atoms with Gasteiger partial charge in [0, 0.05) is 31.5 Å². The van der Waals surface area contributed by atoms with Crippen LogP contribution in [0.2, 0.25) is 0 Å². The van der Waals surface area contributed by atoms with E-state index in [1.54, 1.807) is 11.3 Å². The highest BCUT2D eigenvalue weighted by molar-refractivity contribution is 7.08. The van der Waals surface area contributed by atoms with Gasteiger partial charge in [-0.2, -0.15) is 11.3 Å². The van der Waals surface area contributed by atoms with Crippen molar-refractivity contribution in [3.8, 4) is 0 Å². The number of hydrogen-bond donors (Lipinski definition) is 1. The Morgan fingerprint density at radius 2 is 1.94 bits per heavy atom. The Labute approximate surface area is 194 Å². The number of thiophene rings is 1. The quantitative estimate of drug-likeness (QED) is 0.567. The second-order valence-corrected chi connectivity index (χ2v) is 9.58. The number of aliphatic hydroxyl groups excluding tert-OH is 1. The third-order valence-electron chi connectivity index (χ3n) is 6.67. The molecule has 1 N–H and O–H groups in total. The van der Waals surface area contributed by atoms with Gasteiger partial charge < -0.3 is 29.1 Å². The lowest BCUT2D eigenvalue weighted by Gasteiger charge is -2.40. The van der Waals surface area contributed by atoms with Crippen molar-refractivity contribution in [1.82, 2.24) is 9.80 Å². The number of piperidine rings is 2. The molecule has 0 radical (unpaired) electrons. The van der Waals surface area contributed by atoms with Crippen LogP contribution < -0.4 is 0 Å². The number of rotatable bonds is 9. The van der Waals surface area contributed by atoms with E-state index in [0.29, 0.717) is 38.0 Å². The zero-order valence-electron chi connectivity index (χ0n) is 18.8. The normalized spacial score (nSPS) is 25.4. The summed E-state index contributed by atoms with van der Waals surface area (Å²) in [5.41, 5.74) is 1.19. The molecule has 2 atom stereocenters. The molecule has 4 rings (SSSR count). The predicted octanol–water partition coefficient (Wildman–Crippen LogP) is 2.96. The third-order valence-corrected chi connectivity index (χ3v) is 7.37. The smallest absolute Gasteiger partial charge is 0.288 e. The Morgan fingerprint density at radius 1 is 1.12 bits per heavy atom. The lowest BCUT2D eigenvalue weighted by molar-refractivity contribution is -0.157. The maximum absolute atomic E-state index is 13.3. The topological polar surface area (TPSA) is 71.5 Å². The zero-order valence-corrected chi connectivity index (χ0v) is 19.6. The molecule has 0 unspecified atom stereocenters. The number of amides is 1. The molecule has 0 aliphatic carbocycles. The standard InChI is InChI=1S/C24H36N2O5S/c27-11-12-29-13-14-30-23-17-20(19-6-15-32-18-19)16-22(31-23)24(28)26-9-4-21(5-10-26)25-7-2-1-3-8-25/h6,15-16,18,20-21,23,27H,1-5,7-14,17H2/t20-,23+/m1/s1. The summed E-state index contributed by atoms with van der Waals surface area (Å²) < 4.78 is 17.2. The predicted molar refractivity (Wildman–Crippen MR) is 124 cm³/mol. The molecule has 0 spiro atoms. The van der Waals surface area contributed by atoms with Crippen molar-refractivity contribution in [2.24, 2.45) is 0 Å². The lowest BCUT2D eigenvalue weighted by Crippen LogP contribution is -2.49. The molecular formula is C24H36N2O5S. The van der Waals surface area contributed by atoms with Crippen LogP contribution in [0.15, 0.2) is 28.7 Å². The van der Waals surface area contributed by atoms with Crippen LogP contribution in [0.4, 0.5) is 0 Å². The molecule has 8 heteroatoms. The van der Waals surface area contributed by atoms with Gasteiger partial charge in [-0.15, -0.1) is 0 Å². The fraction of sp³-hybridized carbons (Fsp3) is 0.708. The fourth-order valence-electron chi connectivity index (χ4n) is 4.91. The molecule has 3 aliphatic rings. The van der Waals surface area contributed by atoms with E-state index in [9.17, 15) is 4.79 Å². The highest BCUT2D eigenvalue weighted by Crippen LogP contribution is 2.33. The lowest BCUT2D eigenvalue weighted by atomic mass is 9.94. The number of carbonyl (C=O) groups is 1. The van der Waals surface area contributed by atoms with E-state index in [1.165, 1.54) is 37.9 Å². The Balaban J connectivity index is 1.34. The first-order valence-corrected chi connectivity index (χ1v) is 12.9. The van der Waals surface area contributed by atoms with Crippen LogP contribution in [-0.4, -0.2) is 85.8 Å². The van der Waals surface area contributed by atoms with Crippen molar-refractivity contribution in [2.45, 2.75) is 56.8 Å². The Morgan fingerprint density at radius 3 is 2.66 bits per heavy atom. The first-order valence-electron chi connectivity index (χ1n) is 12.0. The van der Waals surface area contributed by atoms with E-state index in [2.05, 4.69) is 21.7 Å². The summed E-state index contributed by atoms with van der Waals surface area (Å²) in [5.74, 6) is 0.487. The number of likely N-dealkylation sites (tertiary alicyclic amines) is 2. The molecule has 4 heterocycles. The van der Waals surface area contributed by atoms with Gasteiger partial charge in [0.15, 0.2) is 5.76 Å². The van der Waals surface area contributed by atoms with Gasteiger partial charge in [0.25, 0.3) is 5.91 Å². The number of aliphatic hydroxyl groups is 1. The molecule has 1 aromatic rings. The van der Waals surface area contributed by atoms with E-state index in [1.807, 2.05) is 11.0 Å². The largest absolute Gasteiger partial charge is 0.459 e. The zero-order chi connectivity index (χ0) is 22.2. The van der Waals surface area contributed by atoms with E-state index in [-0.39, 0.29) is 18.4 Å². The number of hydrogen-bond acceptors (Lipinski definition) is 7. The number of ether oxygens (including phenoxy) is 3. The molecule has 7 nitrogen and oxygen atoms in total. The van der Waals surface area contributed by atoms with Crippen LogP contribution in [0.3, 0.4) is 0 Å². The number of carbonyl (C=O) groups excluding carboxylic acids is 1. The first kappa shape index (κ1) is 23.7. The van der Waals surface area contributed by atoms with Crippen molar-refractivity contribution >= 4 is 17.2 Å². The SMILES string of the molecule is O=C(C1=C[C@@H](c2ccsc2)C[C@@H](OCCOCCO)O1)N1CCC(N2CCCCC2)CC1. The van der Waals surface area contributed by atoms with E-state index in [0.717, 1.165) is 25.9 Å². The van der Waals surface area contributed by atoms with Gasteiger partial charge >= 0.3 is 0 Å². The average molecular weight is 465 g/mol. The van der Waals surface area contributed by atoms with E-state index < -0.39 is 6.29 Å². The second kappa shape index (κ2) is 12.1. The van der Waals surface area contributed by atoms with Gasteiger partial charge in [-0.25, -0.2) is 0 Å². The molecule has 3 aliphatic heterocycles. The van der Waals surface area contributed by atoms with Gasteiger partial charge in [0.1, 0.15) is 0 Å². The minimum Gasteiger partial charge on any atom is -0.459 e. The molecule has 0 saturated carbocycles. The van der Waals surface area contributed by atoms with Gasteiger partial charge in [-0.1, -0.05) is 6.42 Å². The molecule has 2 fully saturated rings. The van der Waals surface area contributed by atoms with Crippen LogP contribution in [0.1, 0.15) is 50.0 Å². The monoisotopic (exact) mass is 464 g/mol. The van der Waals surface area contributed by atoms with Crippen molar-refractivity contribution in [3.63, 3.8) is 0 Å². The number of nitrogens with zero attached hydrogens (tertiary/aromatic N) is 2. The van der Waals surface area contributed by atoms with Crippen LogP contribution in [0.25, 0.3) is 0 Å². The highest BCUT2D eigenvalue weighted by Gasteiger charge is 2.33. The van der Waals surface area contributed by atoms with E-state index in [4.69, 9.17) is 19.3 Å². The van der Waals surface area contributed by atoms with Crippen LogP contribution >= 0.6 is 11.3 Å². The Bertz CT molecular complexity index is 727. The maximum atomic E-state index is 13.3. The second-order valence-electron chi connectivity index (χ2n) is 8.80. The van der Waals surface area contributed by atoms with E-state index >= 15 is 0 Å². The summed E-state index contributed by atoms with van der Waals surface area (Å²) in [5, 5.41) is 13.0. The summed E-state index contributed by atoms with van der Waals surface area (Å²) >= 11 is 1.66. The van der Waals surface area contributed by atoms with Gasteiger partial charge in [-0.05, 0) is 67.2 Å².